The van der Waals surface area contributed by atoms with Gasteiger partial charge in [-0.15, -0.1) is 23.2 Å². The Morgan fingerprint density at radius 1 is 1.32 bits per heavy atom. The summed E-state index contributed by atoms with van der Waals surface area (Å²) in [5.41, 5.74) is 1.83. The number of halogens is 2. The van der Waals surface area contributed by atoms with Crippen LogP contribution in [0.15, 0.2) is 24.3 Å². The fourth-order valence-electron chi connectivity index (χ4n) is 2.60. The average Bonchev–Trinajstić information content (AvgIpc) is 2.99. The van der Waals surface area contributed by atoms with Crippen LogP contribution in [0.4, 0.5) is 0 Å². The maximum atomic E-state index is 12.3. The number of hydrogen-bond donors (Lipinski definition) is 1. The summed E-state index contributed by atoms with van der Waals surface area (Å²) in [7, 11) is 4.02. The maximum Gasteiger partial charge on any atom is 0.229 e. The van der Waals surface area contributed by atoms with Crippen LogP contribution in [0.1, 0.15) is 37.4 Å². The molecule has 0 spiro atoms. The Labute approximate surface area is 143 Å². The van der Waals surface area contributed by atoms with Gasteiger partial charge in [0, 0.05) is 6.54 Å². The first-order chi connectivity index (χ1) is 10.2. The SMILES string of the molecule is CCc1ccc(C(CNC(=O)C2(C)CC2(Cl)Cl)N(C)C)cc1. The van der Waals surface area contributed by atoms with Crippen molar-refractivity contribution >= 4 is 29.1 Å². The first-order valence-electron chi connectivity index (χ1n) is 7.62. The number of nitrogens with zero attached hydrogens (tertiary/aromatic N) is 1. The van der Waals surface area contributed by atoms with Crippen LogP contribution in [0, 0.1) is 5.41 Å². The fraction of sp³-hybridized carbons (Fsp3) is 0.588. The molecule has 0 saturated heterocycles. The number of nitrogens with one attached hydrogen (secondary N) is 1. The number of carbonyl (C=O) groups excluding carboxylic acids is 1. The van der Waals surface area contributed by atoms with Crippen molar-refractivity contribution in [1.82, 2.24) is 10.2 Å². The van der Waals surface area contributed by atoms with Gasteiger partial charge in [0.2, 0.25) is 5.91 Å². The van der Waals surface area contributed by atoms with Gasteiger partial charge in [-0.25, -0.2) is 0 Å². The van der Waals surface area contributed by atoms with Crippen LogP contribution >= 0.6 is 23.2 Å². The second-order valence-electron chi connectivity index (χ2n) is 6.50. The molecule has 1 aromatic rings. The third kappa shape index (κ3) is 3.42. The highest BCUT2D eigenvalue weighted by Gasteiger charge is 2.67. The van der Waals surface area contributed by atoms with Gasteiger partial charge in [-0.2, -0.15) is 0 Å². The molecule has 22 heavy (non-hydrogen) atoms. The molecule has 1 aliphatic carbocycles. The molecule has 1 amide bonds. The van der Waals surface area contributed by atoms with Gasteiger partial charge >= 0.3 is 0 Å². The predicted octanol–water partition coefficient (Wildman–Crippen LogP) is 3.55. The molecule has 122 valence electrons. The number of alkyl halides is 2. The molecule has 5 heteroatoms. The van der Waals surface area contributed by atoms with Gasteiger partial charge in [0.25, 0.3) is 0 Å². The molecule has 0 aliphatic heterocycles. The zero-order valence-corrected chi connectivity index (χ0v) is 15.1. The molecule has 0 aromatic heterocycles. The van der Waals surface area contributed by atoms with Crippen LogP contribution in [0.5, 0.6) is 0 Å². The smallest absolute Gasteiger partial charge is 0.229 e. The highest BCUT2D eigenvalue weighted by Crippen LogP contribution is 2.63. The van der Waals surface area contributed by atoms with Crippen LogP contribution in [-0.2, 0) is 11.2 Å². The molecule has 1 aromatic carbocycles. The molecule has 0 heterocycles. The largest absolute Gasteiger partial charge is 0.354 e. The van der Waals surface area contributed by atoms with Gasteiger partial charge in [0.05, 0.1) is 11.5 Å². The Morgan fingerprint density at radius 2 is 1.86 bits per heavy atom. The Balaban J connectivity index is 2.02. The molecular formula is C17H24Cl2N2O. The second-order valence-corrected chi connectivity index (χ2v) is 7.98. The molecule has 1 N–H and O–H groups in total. The van der Waals surface area contributed by atoms with Crippen LogP contribution in [0.25, 0.3) is 0 Å². The van der Waals surface area contributed by atoms with E-state index in [1.54, 1.807) is 0 Å². The molecule has 0 radical (unpaired) electrons. The lowest BCUT2D eigenvalue weighted by Crippen LogP contribution is -2.39. The molecular weight excluding hydrogens is 319 g/mol. The van der Waals surface area contributed by atoms with Crippen molar-refractivity contribution in [3.63, 3.8) is 0 Å². The molecule has 1 aliphatic rings. The number of rotatable bonds is 6. The summed E-state index contributed by atoms with van der Waals surface area (Å²) in [5.74, 6) is -0.0745. The van der Waals surface area contributed by atoms with E-state index in [1.165, 1.54) is 11.1 Å². The van der Waals surface area contributed by atoms with Crippen LogP contribution < -0.4 is 5.32 Å². The summed E-state index contributed by atoms with van der Waals surface area (Å²) in [4.78, 5) is 14.4. The van der Waals surface area contributed by atoms with Gasteiger partial charge in [-0.1, -0.05) is 31.2 Å². The highest BCUT2D eigenvalue weighted by atomic mass is 35.5. The van der Waals surface area contributed by atoms with Crippen molar-refractivity contribution in [2.75, 3.05) is 20.6 Å². The van der Waals surface area contributed by atoms with Crippen LogP contribution in [0.2, 0.25) is 0 Å². The summed E-state index contributed by atoms with van der Waals surface area (Å²) >= 11 is 12.1. The molecule has 2 unspecified atom stereocenters. The van der Waals surface area contributed by atoms with E-state index in [2.05, 4.69) is 41.4 Å². The predicted molar refractivity (Wildman–Crippen MR) is 92.4 cm³/mol. The van der Waals surface area contributed by atoms with E-state index in [4.69, 9.17) is 23.2 Å². The normalized spacial score (nSPS) is 24.1. The number of carbonyl (C=O) groups is 1. The molecule has 2 atom stereocenters. The first kappa shape index (κ1) is 17.6. The van der Waals surface area contributed by atoms with Crippen LogP contribution in [-0.4, -0.2) is 35.8 Å². The van der Waals surface area contributed by atoms with E-state index in [9.17, 15) is 4.79 Å². The molecule has 3 nitrogen and oxygen atoms in total. The van der Waals surface area contributed by atoms with Crippen molar-refractivity contribution in [2.24, 2.45) is 5.41 Å². The van der Waals surface area contributed by atoms with Crippen LogP contribution in [0.3, 0.4) is 0 Å². The van der Waals surface area contributed by atoms with Crippen molar-refractivity contribution in [3.05, 3.63) is 35.4 Å². The fourth-order valence-corrected chi connectivity index (χ4v) is 3.31. The van der Waals surface area contributed by atoms with E-state index in [-0.39, 0.29) is 11.9 Å². The molecule has 1 saturated carbocycles. The number of benzene rings is 1. The van der Waals surface area contributed by atoms with Crippen molar-refractivity contribution in [2.45, 2.75) is 37.1 Å². The second kappa shape index (κ2) is 6.38. The van der Waals surface area contributed by atoms with E-state index in [0.717, 1.165) is 6.42 Å². The Kier molecular flexibility index (Phi) is 5.10. The van der Waals surface area contributed by atoms with Gasteiger partial charge in [0.1, 0.15) is 4.33 Å². The monoisotopic (exact) mass is 342 g/mol. The molecule has 2 rings (SSSR count). The number of aryl methyl sites for hydroxylation is 1. The zero-order chi connectivity index (χ0) is 16.5. The number of hydrogen-bond acceptors (Lipinski definition) is 2. The summed E-state index contributed by atoms with van der Waals surface area (Å²) in [5, 5.41) is 3.00. The van der Waals surface area contributed by atoms with Crippen molar-refractivity contribution in [1.29, 1.82) is 0 Å². The summed E-state index contributed by atoms with van der Waals surface area (Å²) in [6, 6.07) is 8.65. The van der Waals surface area contributed by atoms with Gasteiger partial charge < -0.3 is 10.2 Å². The third-order valence-corrected chi connectivity index (χ3v) is 5.71. The standard InChI is InChI=1S/C17H24Cl2N2O/c1-5-12-6-8-13(9-7-12)14(21(3)4)10-20-15(22)16(2)11-17(16,18)19/h6-9,14H,5,10-11H2,1-4H3,(H,20,22). The van der Waals surface area contributed by atoms with E-state index >= 15 is 0 Å². The maximum absolute atomic E-state index is 12.3. The lowest BCUT2D eigenvalue weighted by molar-refractivity contribution is -0.126. The Bertz CT molecular complexity index is 542. The summed E-state index contributed by atoms with van der Waals surface area (Å²) in [6.07, 6.45) is 1.53. The van der Waals surface area contributed by atoms with Gasteiger partial charge in [0.15, 0.2) is 0 Å². The number of amides is 1. The first-order valence-corrected chi connectivity index (χ1v) is 8.38. The molecule has 0 bridgehead atoms. The van der Waals surface area contributed by atoms with E-state index < -0.39 is 9.75 Å². The highest BCUT2D eigenvalue weighted by molar-refractivity contribution is 6.53. The minimum absolute atomic E-state index is 0.0745. The Morgan fingerprint density at radius 3 is 2.27 bits per heavy atom. The van der Waals surface area contributed by atoms with Gasteiger partial charge in [-0.3, -0.25) is 4.79 Å². The van der Waals surface area contributed by atoms with Crippen molar-refractivity contribution < 1.29 is 4.79 Å². The average molecular weight is 343 g/mol. The van der Waals surface area contributed by atoms with E-state index in [0.29, 0.717) is 13.0 Å². The lowest BCUT2D eigenvalue weighted by atomic mass is 10.0. The summed E-state index contributed by atoms with van der Waals surface area (Å²) in [6.45, 7) is 4.49. The van der Waals surface area contributed by atoms with E-state index in [1.807, 2.05) is 21.0 Å². The number of likely N-dealkylation sites (N-methyl/N-ethyl adjacent to an activating group) is 1. The zero-order valence-electron chi connectivity index (χ0n) is 13.6. The minimum atomic E-state index is -0.923. The minimum Gasteiger partial charge on any atom is -0.354 e. The quantitative estimate of drug-likeness (QED) is 0.801. The third-order valence-electron chi connectivity index (χ3n) is 4.61. The summed E-state index contributed by atoms with van der Waals surface area (Å²) < 4.78 is -0.923. The Hall–Kier alpha value is -0.770. The molecule has 1 fully saturated rings. The van der Waals surface area contributed by atoms with Crippen molar-refractivity contribution in [3.8, 4) is 0 Å². The van der Waals surface area contributed by atoms with Gasteiger partial charge in [-0.05, 0) is 45.0 Å². The lowest BCUT2D eigenvalue weighted by Gasteiger charge is -2.26. The topological polar surface area (TPSA) is 32.3 Å².